The van der Waals surface area contributed by atoms with Gasteiger partial charge in [0.15, 0.2) is 0 Å². The zero-order valence-corrected chi connectivity index (χ0v) is 7.96. The molecule has 0 saturated carbocycles. The fourth-order valence-electron chi connectivity index (χ4n) is 1.87. The van der Waals surface area contributed by atoms with Gasteiger partial charge in [0.25, 0.3) is 0 Å². The van der Waals surface area contributed by atoms with E-state index in [0.29, 0.717) is 6.42 Å². The van der Waals surface area contributed by atoms with Gasteiger partial charge in [-0.15, -0.1) is 0 Å². The average Bonchev–Trinajstić information content (AvgIpc) is 2.65. The first-order valence-corrected chi connectivity index (χ1v) is 4.89. The highest BCUT2D eigenvalue weighted by molar-refractivity contribution is 5.69. The molecule has 0 radical (unpaired) electrons. The van der Waals surface area contributed by atoms with E-state index in [4.69, 9.17) is 5.11 Å². The van der Waals surface area contributed by atoms with E-state index in [1.807, 2.05) is 24.3 Å². The third kappa shape index (κ3) is 1.70. The molecule has 1 aliphatic rings. The molecule has 0 aromatic heterocycles. The van der Waals surface area contributed by atoms with Crippen molar-refractivity contribution in [1.82, 2.24) is 0 Å². The van der Waals surface area contributed by atoms with E-state index in [1.165, 1.54) is 0 Å². The van der Waals surface area contributed by atoms with E-state index in [0.717, 1.165) is 29.5 Å². The van der Waals surface area contributed by atoms with Crippen molar-refractivity contribution in [2.45, 2.75) is 25.9 Å². The fraction of sp³-hybridized carbons (Fsp3) is 0.333. The van der Waals surface area contributed by atoms with E-state index in [1.54, 1.807) is 0 Å². The molecule has 0 amide bonds. The molecule has 0 heterocycles. The second-order valence-corrected chi connectivity index (χ2v) is 3.60. The van der Waals surface area contributed by atoms with E-state index in [2.05, 4.69) is 0 Å². The fourth-order valence-corrected chi connectivity index (χ4v) is 1.87. The summed E-state index contributed by atoms with van der Waals surface area (Å²) in [6.07, 6.45) is 2.30. The summed E-state index contributed by atoms with van der Waals surface area (Å²) >= 11 is 0. The highest BCUT2D eigenvalue weighted by atomic mass is 19.1. The first kappa shape index (κ1) is 9.41. The van der Waals surface area contributed by atoms with E-state index in [9.17, 15) is 4.39 Å². The van der Waals surface area contributed by atoms with Crippen LogP contribution in [-0.4, -0.2) is 5.11 Å². The molecule has 74 valence electrons. The van der Waals surface area contributed by atoms with Gasteiger partial charge in [-0.05, 0) is 42.0 Å². The van der Waals surface area contributed by atoms with E-state index < -0.39 is 0 Å². The summed E-state index contributed by atoms with van der Waals surface area (Å²) in [5.41, 5.74) is 2.58. The van der Waals surface area contributed by atoms with Gasteiger partial charge in [0.2, 0.25) is 0 Å². The Morgan fingerprint density at radius 1 is 1.29 bits per heavy atom. The number of hydrogen-bond donors (Lipinski definition) is 1. The van der Waals surface area contributed by atoms with E-state index >= 15 is 0 Å². The van der Waals surface area contributed by atoms with Gasteiger partial charge < -0.3 is 5.11 Å². The van der Waals surface area contributed by atoms with Crippen LogP contribution in [-0.2, 0) is 6.61 Å². The Kier molecular flexibility index (Phi) is 2.64. The highest BCUT2D eigenvalue weighted by Gasteiger charge is 2.15. The summed E-state index contributed by atoms with van der Waals surface area (Å²) in [6.45, 7) is 0.0166. The Balaban J connectivity index is 2.36. The van der Waals surface area contributed by atoms with Crippen molar-refractivity contribution < 1.29 is 9.50 Å². The zero-order valence-electron chi connectivity index (χ0n) is 7.96. The monoisotopic (exact) mass is 192 g/mol. The Bertz CT molecular complexity index is 368. The maximum Gasteiger partial charge on any atom is 0.104 e. The standard InChI is InChI=1S/C12H13FO/c13-12-6-2-5-11(12)10-4-1-3-9(7-10)8-14/h1,3-4,7,14H,2,5-6,8H2. The molecule has 0 aliphatic heterocycles. The van der Waals surface area contributed by atoms with E-state index in [-0.39, 0.29) is 12.4 Å². The third-order valence-electron chi connectivity index (χ3n) is 2.61. The normalized spacial score (nSPS) is 16.4. The van der Waals surface area contributed by atoms with Crippen molar-refractivity contribution in [3.8, 4) is 0 Å². The van der Waals surface area contributed by atoms with Crippen molar-refractivity contribution in [1.29, 1.82) is 0 Å². The minimum Gasteiger partial charge on any atom is -0.392 e. The maximum absolute atomic E-state index is 13.3. The number of halogens is 1. The number of benzene rings is 1. The quantitative estimate of drug-likeness (QED) is 0.763. The number of allylic oxidation sites excluding steroid dienone is 2. The lowest BCUT2D eigenvalue weighted by atomic mass is 10.0. The zero-order chi connectivity index (χ0) is 9.97. The van der Waals surface area contributed by atoms with Crippen LogP contribution < -0.4 is 0 Å². The summed E-state index contributed by atoms with van der Waals surface area (Å²) in [5, 5.41) is 8.96. The van der Waals surface area contributed by atoms with Crippen LogP contribution in [0.4, 0.5) is 4.39 Å². The Morgan fingerprint density at radius 2 is 2.14 bits per heavy atom. The summed E-state index contributed by atoms with van der Waals surface area (Å²) in [4.78, 5) is 0. The molecular weight excluding hydrogens is 179 g/mol. The topological polar surface area (TPSA) is 20.2 Å². The van der Waals surface area contributed by atoms with Crippen molar-refractivity contribution in [2.75, 3.05) is 0 Å². The molecule has 0 bridgehead atoms. The molecule has 1 nitrogen and oxygen atoms in total. The molecular formula is C12H13FO. The molecule has 2 heteroatoms. The van der Waals surface area contributed by atoms with Crippen LogP contribution in [0.2, 0.25) is 0 Å². The molecule has 14 heavy (non-hydrogen) atoms. The predicted molar refractivity (Wildman–Crippen MR) is 54.2 cm³/mol. The smallest absolute Gasteiger partial charge is 0.104 e. The highest BCUT2D eigenvalue weighted by Crippen LogP contribution is 2.34. The van der Waals surface area contributed by atoms with Crippen LogP contribution in [0.15, 0.2) is 30.1 Å². The second kappa shape index (κ2) is 3.93. The van der Waals surface area contributed by atoms with Gasteiger partial charge in [-0.3, -0.25) is 0 Å². The van der Waals surface area contributed by atoms with Crippen LogP contribution in [0.3, 0.4) is 0 Å². The Hall–Kier alpha value is -1.15. The minimum atomic E-state index is 0.0140. The largest absolute Gasteiger partial charge is 0.392 e. The summed E-state index contributed by atoms with van der Waals surface area (Å²) in [7, 11) is 0. The Morgan fingerprint density at radius 3 is 2.79 bits per heavy atom. The number of rotatable bonds is 2. The number of hydrogen-bond acceptors (Lipinski definition) is 1. The van der Waals surface area contributed by atoms with Gasteiger partial charge in [0.05, 0.1) is 6.61 Å². The Labute approximate surface area is 82.9 Å². The van der Waals surface area contributed by atoms with Gasteiger partial charge in [0.1, 0.15) is 5.83 Å². The molecule has 0 atom stereocenters. The summed E-state index contributed by atoms with van der Waals surface area (Å²) < 4.78 is 13.3. The van der Waals surface area contributed by atoms with Crippen molar-refractivity contribution >= 4 is 5.57 Å². The third-order valence-corrected chi connectivity index (χ3v) is 2.61. The SMILES string of the molecule is OCc1cccc(C2=C(F)CCC2)c1. The van der Waals surface area contributed by atoms with Gasteiger partial charge >= 0.3 is 0 Å². The molecule has 1 aliphatic carbocycles. The predicted octanol–water partition coefficient (Wildman–Crippen LogP) is 3.04. The molecule has 0 spiro atoms. The van der Waals surface area contributed by atoms with Crippen molar-refractivity contribution in [3.63, 3.8) is 0 Å². The first-order valence-electron chi connectivity index (χ1n) is 4.89. The summed E-state index contributed by atoms with van der Waals surface area (Å²) in [6, 6.07) is 7.47. The van der Waals surface area contributed by atoms with Crippen LogP contribution in [0.1, 0.15) is 30.4 Å². The van der Waals surface area contributed by atoms with Gasteiger partial charge in [-0.1, -0.05) is 18.2 Å². The maximum atomic E-state index is 13.3. The minimum absolute atomic E-state index is 0.0140. The lowest BCUT2D eigenvalue weighted by Gasteiger charge is -2.04. The van der Waals surface area contributed by atoms with Gasteiger partial charge in [0, 0.05) is 0 Å². The van der Waals surface area contributed by atoms with Crippen molar-refractivity contribution in [3.05, 3.63) is 41.2 Å². The lowest BCUT2D eigenvalue weighted by Crippen LogP contribution is -1.87. The molecule has 0 fully saturated rings. The van der Waals surface area contributed by atoms with Crippen LogP contribution in [0, 0.1) is 0 Å². The number of aliphatic hydroxyl groups is 1. The van der Waals surface area contributed by atoms with Gasteiger partial charge in [-0.2, -0.15) is 0 Å². The van der Waals surface area contributed by atoms with Crippen LogP contribution in [0.25, 0.3) is 5.57 Å². The lowest BCUT2D eigenvalue weighted by molar-refractivity contribution is 0.282. The second-order valence-electron chi connectivity index (χ2n) is 3.60. The summed E-state index contributed by atoms with van der Waals surface area (Å²) in [5.74, 6) is 0.0140. The van der Waals surface area contributed by atoms with Crippen LogP contribution >= 0.6 is 0 Å². The first-order chi connectivity index (χ1) is 6.81. The molecule has 1 aromatic carbocycles. The van der Waals surface area contributed by atoms with Crippen LogP contribution in [0.5, 0.6) is 0 Å². The average molecular weight is 192 g/mol. The molecule has 0 unspecified atom stereocenters. The van der Waals surface area contributed by atoms with Gasteiger partial charge in [-0.25, -0.2) is 4.39 Å². The molecule has 1 N–H and O–H groups in total. The molecule has 2 rings (SSSR count). The molecule has 1 aromatic rings. The molecule has 0 saturated heterocycles. The van der Waals surface area contributed by atoms with Crippen molar-refractivity contribution in [2.24, 2.45) is 0 Å². The number of aliphatic hydroxyl groups excluding tert-OH is 1.